The van der Waals surface area contributed by atoms with E-state index in [0.29, 0.717) is 0 Å². The quantitative estimate of drug-likeness (QED) is 0.572. The second kappa shape index (κ2) is 3.33. The minimum absolute atomic E-state index is 0.619. The van der Waals surface area contributed by atoms with Gasteiger partial charge in [-0.1, -0.05) is 6.32 Å². The molecule has 0 fully saturated rings. The maximum absolute atomic E-state index is 11.3. The average Bonchev–Trinajstić information content (AvgIpc) is 1.59. The lowest BCUT2D eigenvalue weighted by Gasteiger charge is -2.13. The van der Waals surface area contributed by atoms with Crippen molar-refractivity contribution in [1.82, 2.24) is 5.32 Å². The van der Waals surface area contributed by atoms with Crippen molar-refractivity contribution in [2.45, 2.75) is 6.32 Å². The lowest BCUT2D eigenvalue weighted by molar-refractivity contribution is -0.250. The van der Waals surface area contributed by atoms with Gasteiger partial charge in [-0.3, -0.25) is 0 Å². The Kier molecular flexibility index (Phi) is 3.04. The van der Waals surface area contributed by atoms with Gasteiger partial charge in [-0.2, -0.15) is 0 Å². The topological polar surface area (TPSA) is 52.2 Å². The predicted octanol–water partition coefficient (Wildman–Crippen LogP) is -0.233. The van der Waals surface area contributed by atoms with Crippen LogP contribution in [0.1, 0.15) is 0 Å². The number of halogens is 3. The number of hydrogen-bond acceptors (Lipinski definition) is 2. The molecule has 0 atom stereocenters. The van der Waals surface area contributed by atoms with Crippen LogP contribution in [-0.4, -0.2) is 19.6 Å². The molecule has 3 nitrogen and oxygen atoms in total. The molecule has 1 N–H and O–H groups in total. The Balaban J connectivity index is 3.29. The lowest BCUT2D eigenvalue weighted by atomic mass is 9.86. The van der Waals surface area contributed by atoms with E-state index in [-0.39, 0.29) is 0 Å². The summed E-state index contributed by atoms with van der Waals surface area (Å²) in [5.74, 6) is 0. The van der Waals surface area contributed by atoms with Crippen molar-refractivity contribution in [3.05, 3.63) is 0 Å². The summed E-state index contributed by atoms with van der Waals surface area (Å²) in [7, 11) is 0. The highest BCUT2D eigenvalue weighted by atomic mass is 19.4. The highest BCUT2D eigenvalue weighted by Crippen LogP contribution is 2.12. The minimum Gasteiger partial charge on any atom is -0.530 e. The third-order valence-electron chi connectivity index (χ3n) is 0.741. The smallest absolute Gasteiger partial charge is 0.480 e. The van der Waals surface area contributed by atoms with Crippen LogP contribution in [0, 0.1) is 0 Å². The molecular weight excluding hydrogens is 150 g/mol. The fraction of sp³-hybridized carbons (Fsp3) is 0.667. The van der Waals surface area contributed by atoms with Gasteiger partial charge in [0.05, 0.1) is 0 Å². The van der Waals surface area contributed by atoms with Crippen molar-refractivity contribution >= 4 is 13.1 Å². The molecule has 0 unspecified atom stereocenters. The lowest BCUT2D eigenvalue weighted by Crippen LogP contribution is -2.38. The van der Waals surface area contributed by atoms with Gasteiger partial charge in [-0.15, -0.1) is 0 Å². The monoisotopic (exact) mass is 155 g/mol. The van der Waals surface area contributed by atoms with Crippen molar-refractivity contribution < 1.29 is 22.8 Å². The van der Waals surface area contributed by atoms with Crippen LogP contribution in [0.5, 0.6) is 0 Å². The number of carboxylic acid groups (broad SMARTS) is 1. The van der Waals surface area contributed by atoms with E-state index in [1.54, 1.807) is 0 Å². The molecule has 0 aliphatic rings. The van der Waals surface area contributed by atoms with Gasteiger partial charge in [0.2, 0.25) is 0 Å². The summed E-state index contributed by atoms with van der Waals surface area (Å²) in [5.41, 5.74) is 0. The van der Waals surface area contributed by atoms with Gasteiger partial charge in [0.25, 0.3) is 0 Å². The molecular formula is C3H5BF3NO2-2. The maximum atomic E-state index is 11.3. The molecule has 0 aromatic rings. The van der Waals surface area contributed by atoms with Crippen LogP contribution in [0.3, 0.4) is 0 Å². The Morgan fingerprint density at radius 1 is 1.50 bits per heavy atom. The molecule has 60 valence electrons. The van der Waals surface area contributed by atoms with Crippen molar-refractivity contribution in [3.8, 4) is 0 Å². The first-order valence-corrected chi connectivity index (χ1v) is 2.57. The highest BCUT2D eigenvalue weighted by molar-refractivity contribution is 6.58. The van der Waals surface area contributed by atoms with Crippen molar-refractivity contribution in [1.29, 1.82) is 0 Å². The van der Waals surface area contributed by atoms with E-state index in [9.17, 15) is 22.8 Å². The van der Waals surface area contributed by atoms with Gasteiger partial charge in [-0.25, -0.2) is 0 Å². The molecule has 10 heavy (non-hydrogen) atoms. The molecule has 0 aromatic heterocycles. The Bertz CT molecular complexity index is 125. The van der Waals surface area contributed by atoms with Crippen molar-refractivity contribution in [3.63, 3.8) is 0 Å². The zero-order valence-electron chi connectivity index (χ0n) is 4.94. The van der Waals surface area contributed by atoms with Crippen LogP contribution in [0.25, 0.3) is 0 Å². The largest absolute Gasteiger partial charge is 0.530 e. The van der Waals surface area contributed by atoms with Crippen LogP contribution in [0.4, 0.5) is 17.7 Å². The molecule has 1 amide bonds. The molecule has 0 radical (unpaired) electrons. The van der Waals surface area contributed by atoms with Crippen LogP contribution in [-0.2, 0) is 0 Å². The molecule has 7 heteroatoms. The first kappa shape index (κ1) is 9.12. The third kappa shape index (κ3) is 7.12. The van der Waals surface area contributed by atoms with E-state index in [1.807, 2.05) is 0 Å². The minimum atomic E-state index is -4.88. The first-order valence-electron chi connectivity index (χ1n) is 2.57. The molecule has 0 spiro atoms. The maximum Gasteiger partial charge on any atom is 0.480 e. The predicted molar refractivity (Wildman–Crippen MR) is 27.3 cm³/mol. The number of nitrogens with one attached hydrogen (secondary N) is 1. The van der Waals surface area contributed by atoms with E-state index in [2.05, 4.69) is 0 Å². The van der Waals surface area contributed by atoms with E-state index >= 15 is 0 Å². The summed E-state index contributed by atoms with van der Waals surface area (Å²) >= 11 is 0. The molecule has 0 aromatic carbocycles. The van der Waals surface area contributed by atoms with E-state index in [1.165, 1.54) is 5.32 Å². The number of rotatable bonds is 3. The summed E-state index contributed by atoms with van der Waals surface area (Å²) in [6.45, 7) is -5.50. The second-order valence-corrected chi connectivity index (χ2v) is 1.71. The Morgan fingerprint density at radius 2 is 2.00 bits per heavy atom. The van der Waals surface area contributed by atoms with Gasteiger partial charge in [0.1, 0.15) is 6.09 Å². The molecule has 0 bridgehead atoms. The first-order chi connectivity index (χ1) is 4.42. The third-order valence-corrected chi connectivity index (χ3v) is 0.741. The summed E-state index contributed by atoms with van der Waals surface area (Å²) in [6.07, 6.45) is -2.78. The van der Waals surface area contributed by atoms with Crippen LogP contribution in [0.2, 0.25) is 6.32 Å². The van der Waals surface area contributed by atoms with Gasteiger partial charge in [0.15, 0.2) is 0 Å². The Hall–Kier alpha value is -0.875. The molecule has 0 saturated heterocycles. The Labute approximate surface area is 55.3 Å². The van der Waals surface area contributed by atoms with Crippen LogP contribution in [0.15, 0.2) is 0 Å². The number of amides is 1. The zero-order chi connectivity index (χ0) is 8.20. The number of carbonyl (C=O) groups excluding carboxylic acids is 1. The molecule has 0 rings (SSSR count). The zero-order valence-corrected chi connectivity index (χ0v) is 4.94. The molecule has 0 aliphatic heterocycles. The SMILES string of the molecule is O=C([O-])NCC[B-](F)(F)F. The van der Waals surface area contributed by atoms with Crippen LogP contribution >= 0.6 is 0 Å². The van der Waals surface area contributed by atoms with Gasteiger partial charge < -0.3 is 28.2 Å². The molecule has 0 aliphatic carbocycles. The number of hydrogen-bond donors (Lipinski definition) is 1. The summed E-state index contributed by atoms with van der Waals surface area (Å²) in [4.78, 5) is 9.50. The molecule has 0 saturated carbocycles. The van der Waals surface area contributed by atoms with Gasteiger partial charge in [0, 0.05) is 0 Å². The highest BCUT2D eigenvalue weighted by Gasteiger charge is 2.21. The van der Waals surface area contributed by atoms with E-state index in [0.717, 1.165) is 0 Å². The Morgan fingerprint density at radius 3 is 2.30 bits per heavy atom. The summed E-state index contributed by atoms with van der Waals surface area (Å²) < 4.78 is 33.9. The fourth-order valence-electron chi connectivity index (χ4n) is 0.338. The molecule has 0 heterocycles. The second-order valence-electron chi connectivity index (χ2n) is 1.71. The van der Waals surface area contributed by atoms with E-state index in [4.69, 9.17) is 0 Å². The summed E-state index contributed by atoms with van der Waals surface area (Å²) in [6, 6.07) is 0. The number of carbonyl (C=O) groups is 1. The van der Waals surface area contributed by atoms with Crippen molar-refractivity contribution in [2.24, 2.45) is 0 Å². The average molecular weight is 155 g/mol. The van der Waals surface area contributed by atoms with Gasteiger partial charge >= 0.3 is 6.98 Å². The normalized spacial score (nSPS) is 11.1. The fourth-order valence-corrected chi connectivity index (χ4v) is 0.338. The van der Waals surface area contributed by atoms with Gasteiger partial charge in [-0.05, 0) is 6.54 Å². The summed E-state index contributed by atoms with van der Waals surface area (Å²) in [5, 5.41) is 11.0. The van der Waals surface area contributed by atoms with Crippen LogP contribution < -0.4 is 10.4 Å². The van der Waals surface area contributed by atoms with Crippen molar-refractivity contribution in [2.75, 3.05) is 6.54 Å². The van der Waals surface area contributed by atoms with E-state index < -0.39 is 25.9 Å². The standard InChI is InChI=1S/C3H6BF3NO2/c5-4(6,7)1-2-8-3(9)10/h8H,1-2H2,(H,9,10)/q-1/p-1.